The van der Waals surface area contributed by atoms with Gasteiger partial charge in [-0.1, -0.05) is 25.1 Å². The second kappa shape index (κ2) is 3.65. The van der Waals surface area contributed by atoms with E-state index in [9.17, 15) is 4.79 Å². The lowest BCUT2D eigenvalue weighted by atomic mass is 9.74. The van der Waals surface area contributed by atoms with E-state index in [4.69, 9.17) is 4.52 Å². The first-order chi connectivity index (χ1) is 7.12. The number of aldehydes is 1. The normalized spacial score (nSPS) is 24.7. The molecule has 1 heterocycles. The van der Waals surface area contributed by atoms with Crippen LogP contribution >= 0.6 is 0 Å². The van der Waals surface area contributed by atoms with Crippen molar-refractivity contribution in [1.29, 1.82) is 0 Å². The zero-order valence-corrected chi connectivity index (χ0v) is 9.06. The summed E-state index contributed by atoms with van der Waals surface area (Å²) in [5, 5.41) is 3.90. The van der Waals surface area contributed by atoms with Crippen LogP contribution in [0.2, 0.25) is 0 Å². The van der Waals surface area contributed by atoms with Crippen LogP contribution in [-0.2, 0) is 4.79 Å². The van der Waals surface area contributed by atoms with Crippen LogP contribution in [0, 0.1) is 11.3 Å². The number of hydrogen-bond donors (Lipinski definition) is 0. The fourth-order valence-electron chi connectivity index (χ4n) is 2.05. The highest BCUT2D eigenvalue weighted by atomic mass is 16.5. The molecule has 1 atom stereocenters. The van der Waals surface area contributed by atoms with E-state index in [-0.39, 0.29) is 11.3 Å². The van der Waals surface area contributed by atoms with Crippen LogP contribution in [0.3, 0.4) is 0 Å². The van der Waals surface area contributed by atoms with Crippen molar-refractivity contribution in [3.8, 4) is 0 Å². The van der Waals surface area contributed by atoms with Crippen molar-refractivity contribution in [3.05, 3.63) is 24.1 Å². The predicted octanol–water partition coefficient (Wildman–Crippen LogP) is 2.69. The fourth-order valence-corrected chi connectivity index (χ4v) is 2.05. The molecule has 1 aromatic rings. The van der Waals surface area contributed by atoms with Gasteiger partial charge in [-0.2, -0.15) is 0 Å². The Kier molecular flexibility index (Phi) is 2.47. The highest BCUT2D eigenvalue weighted by Crippen LogP contribution is 2.39. The summed E-state index contributed by atoms with van der Waals surface area (Å²) in [7, 11) is 0. The molecule has 1 aliphatic rings. The summed E-state index contributed by atoms with van der Waals surface area (Å²) in [6.45, 7) is 4.35. The molecule has 0 aliphatic heterocycles. The summed E-state index contributed by atoms with van der Waals surface area (Å²) in [4.78, 5) is 11.0. The minimum absolute atomic E-state index is 0.0249. The molecule has 0 aromatic carbocycles. The minimum atomic E-state index is -0.0249. The van der Waals surface area contributed by atoms with E-state index in [1.54, 1.807) is 6.26 Å². The Bertz CT molecular complexity index is 376. The van der Waals surface area contributed by atoms with Crippen LogP contribution in [0.4, 0.5) is 0 Å². The average Bonchev–Trinajstić information content (AvgIpc) is 2.69. The highest BCUT2D eigenvalue weighted by molar-refractivity contribution is 5.80. The third-order valence-electron chi connectivity index (χ3n) is 2.94. The van der Waals surface area contributed by atoms with Crippen molar-refractivity contribution in [2.75, 3.05) is 0 Å². The lowest BCUT2D eigenvalue weighted by Crippen LogP contribution is -2.20. The smallest absolute Gasteiger partial charge is 0.127 e. The van der Waals surface area contributed by atoms with E-state index in [0.29, 0.717) is 0 Å². The van der Waals surface area contributed by atoms with Gasteiger partial charge in [0.25, 0.3) is 0 Å². The largest absolute Gasteiger partial charge is 0.364 e. The van der Waals surface area contributed by atoms with Gasteiger partial charge in [-0.3, -0.25) is 0 Å². The van der Waals surface area contributed by atoms with Gasteiger partial charge < -0.3 is 9.32 Å². The molecule has 0 saturated heterocycles. The molecular formula is C12H15NO2. The minimum Gasteiger partial charge on any atom is -0.364 e. The molecule has 1 aliphatic carbocycles. The fraction of sp³-hybridized carbons (Fsp3) is 0.500. The topological polar surface area (TPSA) is 43.1 Å². The Morgan fingerprint density at radius 3 is 3.00 bits per heavy atom. The van der Waals surface area contributed by atoms with Gasteiger partial charge in [0.2, 0.25) is 0 Å². The maximum Gasteiger partial charge on any atom is 0.127 e. The van der Waals surface area contributed by atoms with Gasteiger partial charge in [0.1, 0.15) is 18.2 Å². The molecule has 0 spiro atoms. The van der Waals surface area contributed by atoms with Crippen molar-refractivity contribution in [2.45, 2.75) is 26.7 Å². The van der Waals surface area contributed by atoms with Gasteiger partial charge in [-0.15, -0.1) is 0 Å². The Balaban J connectivity index is 2.40. The predicted molar refractivity (Wildman–Crippen MR) is 57.0 cm³/mol. The number of hydrogen-bond acceptors (Lipinski definition) is 3. The number of nitrogens with zero attached hydrogens (tertiary/aromatic N) is 1. The van der Waals surface area contributed by atoms with Crippen LogP contribution < -0.4 is 0 Å². The molecule has 3 heteroatoms. The van der Waals surface area contributed by atoms with E-state index in [2.05, 4.69) is 25.1 Å². The quantitative estimate of drug-likeness (QED) is 0.697. The lowest BCUT2D eigenvalue weighted by Gasteiger charge is -2.30. The zero-order valence-electron chi connectivity index (χ0n) is 9.06. The first-order valence-corrected chi connectivity index (χ1v) is 5.21. The van der Waals surface area contributed by atoms with Crippen molar-refractivity contribution >= 4 is 11.9 Å². The molecule has 0 radical (unpaired) electrons. The Hall–Kier alpha value is -1.38. The highest BCUT2D eigenvalue weighted by Gasteiger charge is 2.29. The van der Waals surface area contributed by atoms with Crippen molar-refractivity contribution < 1.29 is 9.32 Å². The van der Waals surface area contributed by atoms with Crippen LogP contribution in [0.15, 0.2) is 22.9 Å². The molecule has 15 heavy (non-hydrogen) atoms. The summed E-state index contributed by atoms with van der Waals surface area (Å²) in [5.74, 6) is -0.0249. The number of rotatable bonds is 2. The number of aromatic nitrogens is 1. The molecule has 0 amide bonds. The molecule has 0 saturated carbocycles. The summed E-state index contributed by atoms with van der Waals surface area (Å²) < 4.78 is 4.82. The van der Waals surface area contributed by atoms with Gasteiger partial charge in [0.15, 0.2) is 0 Å². The van der Waals surface area contributed by atoms with Crippen LogP contribution in [0.1, 0.15) is 32.4 Å². The zero-order chi connectivity index (χ0) is 10.9. The van der Waals surface area contributed by atoms with E-state index in [0.717, 1.165) is 30.4 Å². The molecular weight excluding hydrogens is 190 g/mol. The van der Waals surface area contributed by atoms with E-state index in [1.165, 1.54) is 0 Å². The molecule has 0 N–H and O–H groups in total. The van der Waals surface area contributed by atoms with Crippen LogP contribution in [-0.4, -0.2) is 11.4 Å². The first kappa shape index (κ1) is 10.1. The molecule has 1 unspecified atom stereocenters. The second-order valence-electron chi connectivity index (χ2n) is 4.75. The maximum atomic E-state index is 11.0. The number of allylic oxidation sites excluding steroid dienone is 2. The van der Waals surface area contributed by atoms with Crippen LogP contribution in [0.5, 0.6) is 0 Å². The van der Waals surface area contributed by atoms with E-state index < -0.39 is 0 Å². The first-order valence-electron chi connectivity index (χ1n) is 5.21. The van der Waals surface area contributed by atoms with Gasteiger partial charge in [0, 0.05) is 12.0 Å². The summed E-state index contributed by atoms with van der Waals surface area (Å²) in [6, 6.07) is 1.81. The maximum absolute atomic E-state index is 11.0. The molecule has 3 nitrogen and oxygen atoms in total. The summed E-state index contributed by atoms with van der Waals surface area (Å²) in [5.41, 5.74) is 1.95. The van der Waals surface area contributed by atoms with Gasteiger partial charge in [-0.05, 0) is 23.8 Å². The standard InChI is InChI=1S/C12H15NO2/c1-12(2)5-3-9(8-14)10(7-12)11-4-6-15-13-11/h4,6-9H,3,5H2,1-2H3. The average molecular weight is 205 g/mol. The molecule has 80 valence electrons. The second-order valence-corrected chi connectivity index (χ2v) is 4.75. The SMILES string of the molecule is CC1(C)C=C(c2ccon2)C(C=O)CC1. The Morgan fingerprint density at radius 2 is 2.40 bits per heavy atom. The Labute approximate surface area is 89.1 Å². The molecule has 0 bridgehead atoms. The molecule has 2 rings (SSSR count). The van der Waals surface area contributed by atoms with Crippen molar-refractivity contribution in [3.63, 3.8) is 0 Å². The number of carbonyl (C=O) groups is 1. The van der Waals surface area contributed by atoms with Gasteiger partial charge >= 0.3 is 0 Å². The monoisotopic (exact) mass is 205 g/mol. The van der Waals surface area contributed by atoms with Crippen molar-refractivity contribution in [1.82, 2.24) is 5.16 Å². The van der Waals surface area contributed by atoms with Crippen LogP contribution in [0.25, 0.3) is 5.57 Å². The molecule has 0 fully saturated rings. The molecule has 1 aromatic heterocycles. The van der Waals surface area contributed by atoms with E-state index in [1.807, 2.05) is 6.07 Å². The van der Waals surface area contributed by atoms with E-state index >= 15 is 0 Å². The van der Waals surface area contributed by atoms with Gasteiger partial charge in [0.05, 0.1) is 0 Å². The third-order valence-corrected chi connectivity index (χ3v) is 2.94. The number of carbonyl (C=O) groups excluding carboxylic acids is 1. The lowest BCUT2D eigenvalue weighted by molar-refractivity contribution is -0.110. The van der Waals surface area contributed by atoms with Crippen molar-refractivity contribution in [2.24, 2.45) is 11.3 Å². The van der Waals surface area contributed by atoms with Gasteiger partial charge in [-0.25, -0.2) is 0 Å². The summed E-state index contributed by atoms with van der Waals surface area (Å²) in [6.07, 6.45) is 6.63. The summed E-state index contributed by atoms with van der Waals surface area (Å²) >= 11 is 0. The Morgan fingerprint density at radius 1 is 1.60 bits per heavy atom. The third kappa shape index (κ3) is 2.01.